The molecule has 1 aliphatic carbocycles. The number of benzene rings is 1. The molecule has 2 aliphatic rings. The Kier molecular flexibility index (Phi) is 4.77. The molecule has 1 aromatic rings. The highest BCUT2D eigenvalue weighted by Gasteiger charge is 2.21. The van der Waals surface area contributed by atoms with Crippen LogP contribution in [0.25, 0.3) is 0 Å². The Balaban J connectivity index is 1.52. The molecule has 1 atom stereocenters. The summed E-state index contributed by atoms with van der Waals surface area (Å²) in [7, 11) is 0. The van der Waals surface area contributed by atoms with Crippen LogP contribution in [0.15, 0.2) is 35.9 Å². The summed E-state index contributed by atoms with van der Waals surface area (Å²) in [6.07, 6.45) is 6.31. The fourth-order valence-corrected chi connectivity index (χ4v) is 3.08. The predicted octanol–water partition coefficient (Wildman–Crippen LogP) is 3.69. The molecule has 1 unspecified atom stereocenters. The minimum Gasteiger partial charge on any atom is -0.313 e. The lowest BCUT2D eigenvalue weighted by Gasteiger charge is -2.26. The van der Waals surface area contributed by atoms with Gasteiger partial charge in [-0.1, -0.05) is 42.8 Å². The van der Waals surface area contributed by atoms with Crippen molar-refractivity contribution in [3.8, 4) is 0 Å². The number of hydrogen-bond donors (Lipinski definition) is 1. The second kappa shape index (κ2) is 6.76. The van der Waals surface area contributed by atoms with Crippen LogP contribution in [0.1, 0.15) is 50.2 Å². The molecule has 0 spiro atoms. The van der Waals surface area contributed by atoms with Gasteiger partial charge in [0.1, 0.15) is 0 Å². The van der Waals surface area contributed by atoms with E-state index < -0.39 is 0 Å². The highest BCUT2D eigenvalue weighted by Crippen LogP contribution is 2.22. The van der Waals surface area contributed by atoms with E-state index in [1.54, 1.807) is 0 Å². The van der Waals surface area contributed by atoms with Gasteiger partial charge in [0.05, 0.1) is 0 Å². The van der Waals surface area contributed by atoms with Crippen LogP contribution in [0.4, 0.5) is 0 Å². The molecule has 1 fully saturated rings. The largest absolute Gasteiger partial charge is 0.313 e. The van der Waals surface area contributed by atoms with E-state index >= 15 is 0 Å². The van der Waals surface area contributed by atoms with Gasteiger partial charge in [0.2, 0.25) is 0 Å². The summed E-state index contributed by atoms with van der Waals surface area (Å²) < 4.78 is 0. The number of nitrogens with one attached hydrogen (secondary N) is 1. The van der Waals surface area contributed by atoms with Gasteiger partial charge in [-0.25, -0.2) is 0 Å². The van der Waals surface area contributed by atoms with Crippen molar-refractivity contribution in [2.24, 2.45) is 0 Å². The molecule has 0 radical (unpaired) electrons. The first kappa shape index (κ1) is 14.8. The van der Waals surface area contributed by atoms with Crippen molar-refractivity contribution < 1.29 is 0 Å². The van der Waals surface area contributed by atoms with E-state index in [9.17, 15) is 0 Å². The van der Waals surface area contributed by atoms with Gasteiger partial charge in [-0.15, -0.1) is 0 Å². The summed E-state index contributed by atoms with van der Waals surface area (Å²) in [5, 5.41) is 3.63. The molecule has 1 aliphatic heterocycles. The van der Waals surface area contributed by atoms with Crippen molar-refractivity contribution >= 4 is 0 Å². The summed E-state index contributed by atoms with van der Waals surface area (Å²) in [6.45, 7) is 9.08. The Bertz CT molecular complexity index is 485. The smallest absolute Gasteiger partial charge is 0.0237 e. The first-order valence-corrected chi connectivity index (χ1v) is 8.41. The Morgan fingerprint density at radius 3 is 2.67 bits per heavy atom. The maximum Gasteiger partial charge on any atom is 0.0237 e. The summed E-state index contributed by atoms with van der Waals surface area (Å²) in [5.41, 5.74) is 4.41. The lowest BCUT2D eigenvalue weighted by molar-refractivity contribution is 0.282. The van der Waals surface area contributed by atoms with E-state index in [1.807, 2.05) is 0 Å². The Morgan fingerprint density at radius 2 is 2.00 bits per heavy atom. The quantitative estimate of drug-likeness (QED) is 0.801. The van der Waals surface area contributed by atoms with Gasteiger partial charge in [0.15, 0.2) is 0 Å². The standard InChI is InChI=1S/C19H28N2/c1-15-4-3-11-21(13-15)14-17-5-7-18(8-6-17)16(2)12-20-19-9-10-19/h4-8,16,19-20H,3,9-14H2,1-2H3. The molecule has 3 rings (SSSR count). The maximum absolute atomic E-state index is 3.63. The van der Waals surface area contributed by atoms with Crippen LogP contribution in [0.3, 0.4) is 0 Å². The third-order valence-electron chi connectivity index (χ3n) is 4.66. The van der Waals surface area contributed by atoms with E-state index in [0.717, 1.165) is 25.7 Å². The van der Waals surface area contributed by atoms with Crippen molar-refractivity contribution in [1.82, 2.24) is 10.2 Å². The third-order valence-corrected chi connectivity index (χ3v) is 4.66. The maximum atomic E-state index is 3.63. The molecule has 0 bridgehead atoms. The molecule has 21 heavy (non-hydrogen) atoms. The monoisotopic (exact) mass is 284 g/mol. The molecule has 114 valence electrons. The van der Waals surface area contributed by atoms with Gasteiger partial charge >= 0.3 is 0 Å². The average Bonchev–Trinajstić information content (AvgIpc) is 3.30. The number of rotatable bonds is 6. The molecule has 1 aromatic carbocycles. The summed E-state index contributed by atoms with van der Waals surface area (Å²) >= 11 is 0. The van der Waals surface area contributed by atoms with Gasteiger partial charge in [0, 0.05) is 32.2 Å². The van der Waals surface area contributed by atoms with Gasteiger partial charge in [0.25, 0.3) is 0 Å². The Hall–Kier alpha value is -1.12. The van der Waals surface area contributed by atoms with Crippen molar-refractivity contribution in [1.29, 1.82) is 0 Å². The highest BCUT2D eigenvalue weighted by molar-refractivity contribution is 5.25. The van der Waals surface area contributed by atoms with Crippen LogP contribution >= 0.6 is 0 Å². The van der Waals surface area contributed by atoms with Crippen molar-refractivity contribution in [3.05, 3.63) is 47.0 Å². The molecule has 0 aromatic heterocycles. The van der Waals surface area contributed by atoms with Gasteiger partial charge in [-0.3, -0.25) is 4.90 Å². The van der Waals surface area contributed by atoms with Gasteiger partial charge < -0.3 is 5.32 Å². The van der Waals surface area contributed by atoms with Crippen LogP contribution in [0, 0.1) is 0 Å². The Morgan fingerprint density at radius 1 is 1.24 bits per heavy atom. The molecule has 0 amide bonds. The zero-order valence-corrected chi connectivity index (χ0v) is 13.4. The Labute approximate surface area is 129 Å². The topological polar surface area (TPSA) is 15.3 Å². The zero-order chi connectivity index (χ0) is 14.7. The first-order chi connectivity index (χ1) is 10.2. The normalized spacial score (nSPS) is 21.1. The second-order valence-corrected chi connectivity index (χ2v) is 6.87. The van der Waals surface area contributed by atoms with Crippen molar-refractivity contribution in [2.75, 3.05) is 19.6 Å². The van der Waals surface area contributed by atoms with Crippen LogP contribution in [-0.2, 0) is 6.54 Å². The predicted molar refractivity (Wildman–Crippen MR) is 89.5 cm³/mol. The number of nitrogens with zero attached hydrogens (tertiary/aromatic N) is 1. The summed E-state index contributed by atoms with van der Waals surface area (Å²) in [6, 6.07) is 10.1. The lowest BCUT2D eigenvalue weighted by Crippen LogP contribution is -2.28. The molecule has 1 heterocycles. The van der Waals surface area contributed by atoms with E-state index in [1.165, 1.54) is 42.5 Å². The van der Waals surface area contributed by atoms with E-state index in [-0.39, 0.29) is 0 Å². The van der Waals surface area contributed by atoms with Gasteiger partial charge in [-0.2, -0.15) is 0 Å². The second-order valence-electron chi connectivity index (χ2n) is 6.87. The highest BCUT2D eigenvalue weighted by atomic mass is 15.1. The van der Waals surface area contributed by atoms with Crippen LogP contribution in [-0.4, -0.2) is 30.6 Å². The molecule has 2 nitrogen and oxygen atoms in total. The average molecular weight is 284 g/mol. The fraction of sp³-hybridized carbons (Fsp3) is 0.579. The molecule has 2 heteroatoms. The summed E-state index contributed by atoms with van der Waals surface area (Å²) in [4.78, 5) is 2.54. The minimum atomic E-state index is 0.611. The van der Waals surface area contributed by atoms with Crippen LogP contribution in [0.2, 0.25) is 0 Å². The van der Waals surface area contributed by atoms with Crippen molar-refractivity contribution in [3.63, 3.8) is 0 Å². The van der Waals surface area contributed by atoms with Crippen molar-refractivity contribution in [2.45, 2.75) is 51.6 Å². The van der Waals surface area contributed by atoms with E-state index in [0.29, 0.717) is 5.92 Å². The minimum absolute atomic E-state index is 0.611. The molecular formula is C19H28N2. The first-order valence-electron chi connectivity index (χ1n) is 8.41. The SMILES string of the molecule is CC1=CCCN(Cc2ccc(C(C)CNC3CC3)cc2)C1. The number of hydrogen-bond acceptors (Lipinski definition) is 2. The molecule has 0 saturated heterocycles. The van der Waals surface area contributed by atoms with E-state index in [4.69, 9.17) is 0 Å². The van der Waals surface area contributed by atoms with Crippen LogP contribution < -0.4 is 5.32 Å². The van der Waals surface area contributed by atoms with E-state index in [2.05, 4.69) is 54.4 Å². The molecular weight excluding hydrogens is 256 g/mol. The van der Waals surface area contributed by atoms with Gasteiger partial charge in [-0.05, 0) is 43.2 Å². The molecule has 1 saturated carbocycles. The van der Waals surface area contributed by atoms with Crippen LogP contribution in [0.5, 0.6) is 0 Å². The lowest BCUT2D eigenvalue weighted by atomic mass is 9.99. The summed E-state index contributed by atoms with van der Waals surface area (Å²) in [5.74, 6) is 0.611. The molecule has 1 N–H and O–H groups in total. The third kappa shape index (κ3) is 4.42. The zero-order valence-electron chi connectivity index (χ0n) is 13.4. The fourth-order valence-electron chi connectivity index (χ4n) is 3.08.